The highest BCUT2D eigenvalue weighted by molar-refractivity contribution is 5.87. The van der Waals surface area contributed by atoms with E-state index in [1.54, 1.807) is 6.92 Å². The monoisotopic (exact) mass is 338 g/mol. The molecule has 142 valence electrons. The predicted molar refractivity (Wildman–Crippen MR) is 105 cm³/mol. The van der Waals surface area contributed by atoms with Crippen LogP contribution in [0.5, 0.6) is 0 Å². The number of esters is 1. The minimum atomic E-state index is -0.220. The summed E-state index contributed by atoms with van der Waals surface area (Å²) in [4.78, 5) is 11.8. The van der Waals surface area contributed by atoms with Crippen LogP contribution in [0.4, 0.5) is 0 Å². The Balaban J connectivity index is 4.00. The van der Waals surface area contributed by atoms with Gasteiger partial charge in [-0.05, 0) is 44.4 Å². The smallest absolute Gasteiger partial charge is 0.333 e. The number of rotatable bonds is 15. The average molecular weight is 339 g/mol. The van der Waals surface area contributed by atoms with E-state index in [0.29, 0.717) is 5.57 Å². The summed E-state index contributed by atoms with van der Waals surface area (Å²) in [6.07, 6.45) is 13.4. The summed E-state index contributed by atoms with van der Waals surface area (Å²) in [5.74, 6) is 1.37. The number of carbonyl (C=O) groups is 1. The minimum Gasteiger partial charge on any atom is -0.459 e. The largest absolute Gasteiger partial charge is 0.459 e. The van der Waals surface area contributed by atoms with E-state index < -0.39 is 0 Å². The SMILES string of the molecule is C=C(C)C(=O)OC(CCCCCCC(C)C)CCCCCC(C)C. The van der Waals surface area contributed by atoms with Crippen molar-refractivity contribution < 1.29 is 9.53 Å². The van der Waals surface area contributed by atoms with Crippen LogP contribution >= 0.6 is 0 Å². The van der Waals surface area contributed by atoms with E-state index in [2.05, 4.69) is 34.3 Å². The summed E-state index contributed by atoms with van der Waals surface area (Å²) in [5.41, 5.74) is 0.511. The molecule has 0 saturated carbocycles. The van der Waals surface area contributed by atoms with Crippen molar-refractivity contribution >= 4 is 5.97 Å². The number of ether oxygens (including phenoxy) is 1. The highest BCUT2D eigenvalue weighted by Crippen LogP contribution is 2.18. The second kappa shape index (κ2) is 14.5. The highest BCUT2D eigenvalue weighted by Gasteiger charge is 2.14. The van der Waals surface area contributed by atoms with Crippen LogP contribution in [0.1, 0.15) is 105 Å². The standard InChI is InChI=1S/C22H42O2/c1-18(2)14-10-7-8-12-16-21(24-22(23)20(5)6)17-13-9-11-15-19(3)4/h18-19,21H,5,7-17H2,1-4,6H3. The van der Waals surface area contributed by atoms with Gasteiger partial charge in [-0.25, -0.2) is 4.79 Å². The fraction of sp³-hybridized carbons (Fsp3) is 0.864. The number of carbonyl (C=O) groups excluding carboxylic acids is 1. The number of hydrogen-bond donors (Lipinski definition) is 0. The van der Waals surface area contributed by atoms with Crippen LogP contribution in [0.25, 0.3) is 0 Å². The lowest BCUT2D eigenvalue weighted by Gasteiger charge is -2.18. The van der Waals surface area contributed by atoms with Gasteiger partial charge in [0, 0.05) is 5.57 Å². The molecule has 0 aromatic rings. The third kappa shape index (κ3) is 14.8. The maximum Gasteiger partial charge on any atom is 0.333 e. The van der Waals surface area contributed by atoms with Crippen LogP contribution in [0, 0.1) is 11.8 Å². The second-order valence-corrected chi connectivity index (χ2v) is 8.22. The molecule has 2 nitrogen and oxygen atoms in total. The van der Waals surface area contributed by atoms with Gasteiger partial charge >= 0.3 is 5.97 Å². The maximum absolute atomic E-state index is 11.8. The molecule has 1 atom stereocenters. The summed E-state index contributed by atoms with van der Waals surface area (Å²) in [5, 5.41) is 0. The van der Waals surface area contributed by atoms with Gasteiger partial charge in [-0.3, -0.25) is 0 Å². The second-order valence-electron chi connectivity index (χ2n) is 8.22. The van der Waals surface area contributed by atoms with Crippen LogP contribution in [0.2, 0.25) is 0 Å². The van der Waals surface area contributed by atoms with Crippen molar-refractivity contribution in [2.75, 3.05) is 0 Å². The molecule has 0 saturated heterocycles. The summed E-state index contributed by atoms with van der Waals surface area (Å²) in [6.45, 7) is 14.5. The molecule has 24 heavy (non-hydrogen) atoms. The van der Waals surface area contributed by atoms with Crippen LogP contribution < -0.4 is 0 Å². The molecular weight excluding hydrogens is 296 g/mol. The first-order chi connectivity index (χ1) is 11.3. The summed E-state index contributed by atoms with van der Waals surface area (Å²) >= 11 is 0. The van der Waals surface area contributed by atoms with E-state index in [0.717, 1.165) is 37.5 Å². The molecule has 0 spiro atoms. The summed E-state index contributed by atoms with van der Waals surface area (Å²) in [6, 6.07) is 0. The molecule has 0 rings (SSSR count). The van der Waals surface area contributed by atoms with Gasteiger partial charge in [-0.2, -0.15) is 0 Å². The molecule has 0 heterocycles. The van der Waals surface area contributed by atoms with Crippen molar-refractivity contribution in [3.05, 3.63) is 12.2 Å². The molecule has 2 heteroatoms. The van der Waals surface area contributed by atoms with E-state index in [1.165, 1.54) is 44.9 Å². The van der Waals surface area contributed by atoms with E-state index in [-0.39, 0.29) is 12.1 Å². The Kier molecular flexibility index (Phi) is 14.1. The third-order valence-electron chi connectivity index (χ3n) is 4.49. The number of hydrogen-bond acceptors (Lipinski definition) is 2. The number of unbranched alkanes of at least 4 members (excludes halogenated alkanes) is 5. The molecule has 0 fully saturated rings. The van der Waals surface area contributed by atoms with Gasteiger partial charge in [0.1, 0.15) is 6.10 Å². The van der Waals surface area contributed by atoms with Gasteiger partial charge in [0.2, 0.25) is 0 Å². The van der Waals surface area contributed by atoms with Crippen molar-refractivity contribution in [2.24, 2.45) is 11.8 Å². The zero-order valence-electron chi connectivity index (χ0n) is 17.0. The van der Waals surface area contributed by atoms with Gasteiger partial charge in [0.25, 0.3) is 0 Å². The van der Waals surface area contributed by atoms with Crippen molar-refractivity contribution in [3.63, 3.8) is 0 Å². The molecule has 0 aromatic heterocycles. The van der Waals surface area contributed by atoms with Crippen LogP contribution in [0.15, 0.2) is 12.2 Å². The molecule has 0 bridgehead atoms. The van der Waals surface area contributed by atoms with Gasteiger partial charge < -0.3 is 4.74 Å². The lowest BCUT2D eigenvalue weighted by atomic mass is 10.00. The zero-order chi connectivity index (χ0) is 18.4. The Hall–Kier alpha value is -0.790. The van der Waals surface area contributed by atoms with Crippen LogP contribution in [0.3, 0.4) is 0 Å². The first-order valence-corrected chi connectivity index (χ1v) is 10.2. The van der Waals surface area contributed by atoms with E-state index >= 15 is 0 Å². The first-order valence-electron chi connectivity index (χ1n) is 10.2. The third-order valence-corrected chi connectivity index (χ3v) is 4.49. The predicted octanol–water partition coefficient (Wildman–Crippen LogP) is 7.08. The fourth-order valence-electron chi connectivity index (χ4n) is 2.89. The van der Waals surface area contributed by atoms with Crippen molar-refractivity contribution in [3.8, 4) is 0 Å². The summed E-state index contributed by atoms with van der Waals surface area (Å²) in [7, 11) is 0. The molecule has 0 aromatic carbocycles. The van der Waals surface area contributed by atoms with E-state index in [4.69, 9.17) is 4.74 Å². The quantitative estimate of drug-likeness (QED) is 0.181. The first kappa shape index (κ1) is 23.2. The van der Waals surface area contributed by atoms with Gasteiger partial charge in [-0.15, -0.1) is 0 Å². The fourth-order valence-corrected chi connectivity index (χ4v) is 2.89. The molecule has 0 aliphatic carbocycles. The Labute approximate surface area is 151 Å². The molecule has 0 amide bonds. The molecule has 0 aliphatic rings. The molecular formula is C22H42O2. The highest BCUT2D eigenvalue weighted by atomic mass is 16.5. The molecule has 0 aliphatic heterocycles. The Bertz CT molecular complexity index is 331. The van der Waals surface area contributed by atoms with Crippen LogP contribution in [-0.2, 0) is 9.53 Å². The van der Waals surface area contributed by atoms with Crippen molar-refractivity contribution in [1.82, 2.24) is 0 Å². The molecule has 0 N–H and O–H groups in total. The Morgan fingerprint density at radius 3 is 1.50 bits per heavy atom. The van der Waals surface area contributed by atoms with E-state index in [1.807, 2.05) is 0 Å². The zero-order valence-corrected chi connectivity index (χ0v) is 17.0. The summed E-state index contributed by atoms with van der Waals surface area (Å²) < 4.78 is 5.65. The lowest BCUT2D eigenvalue weighted by Crippen LogP contribution is -2.18. The Morgan fingerprint density at radius 2 is 1.12 bits per heavy atom. The topological polar surface area (TPSA) is 26.3 Å². The van der Waals surface area contributed by atoms with Crippen LogP contribution in [-0.4, -0.2) is 12.1 Å². The molecule has 0 radical (unpaired) electrons. The Morgan fingerprint density at radius 1 is 0.750 bits per heavy atom. The van der Waals surface area contributed by atoms with Crippen molar-refractivity contribution in [1.29, 1.82) is 0 Å². The van der Waals surface area contributed by atoms with Crippen molar-refractivity contribution in [2.45, 2.75) is 111 Å². The van der Waals surface area contributed by atoms with Gasteiger partial charge in [0.05, 0.1) is 0 Å². The van der Waals surface area contributed by atoms with Gasteiger partial charge in [-0.1, -0.05) is 79.2 Å². The van der Waals surface area contributed by atoms with E-state index in [9.17, 15) is 4.79 Å². The minimum absolute atomic E-state index is 0.0818. The maximum atomic E-state index is 11.8. The average Bonchev–Trinajstić information content (AvgIpc) is 2.49. The van der Waals surface area contributed by atoms with Gasteiger partial charge in [0.15, 0.2) is 0 Å². The lowest BCUT2D eigenvalue weighted by molar-refractivity contribution is -0.145. The normalized spacial score (nSPS) is 12.6. The molecule has 1 unspecified atom stereocenters.